The second kappa shape index (κ2) is 4.52. The first-order valence-corrected chi connectivity index (χ1v) is 5.94. The number of hydrogen-bond donors (Lipinski definition) is 1. The van der Waals surface area contributed by atoms with Crippen LogP contribution in [0.25, 0.3) is 0 Å². The molecule has 1 aromatic rings. The van der Waals surface area contributed by atoms with Crippen molar-refractivity contribution in [2.75, 3.05) is 6.61 Å². The van der Waals surface area contributed by atoms with Crippen molar-refractivity contribution in [2.45, 2.75) is 17.9 Å². The molecule has 1 unspecified atom stereocenters. The normalized spacial score (nSPS) is 18.2. The number of rotatable bonds is 2. The topological polar surface area (TPSA) is 46.5 Å². The molecular formula is C11H9ClO3S. The molecule has 1 aromatic carbocycles. The van der Waals surface area contributed by atoms with E-state index in [1.807, 2.05) is 6.92 Å². The smallest absolute Gasteiger partial charge is 0.138 e. The zero-order valence-electron chi connectivity index (χ0n) is 8.49. The third-order valence-electron chi connectivity index (χ3n) is 2.25. The van der Waals surface area contributed by atoms with E-state index >= 15 is 0 Å². The van der Waals surface area contributed by atoms with Crippen LogP contribution in [-0.4, -0.2) is 17.7 Å². The minimum atomic E-state index is -0.981. The largest absolute Gasteiger partial charge is 0.492 e. The quantitative estimate of drug-likeness (QED) is 0.827. The fourth-order valence-electron chi connectivity index (χ4n) is 1.55. The summed E-state index contributed by atoms with van der Waals surface area (Å²) in [5, 5.41) is 10.2. The molecule has 1 atom stereocenters. The molecule has 0 aliphatic carbocycles. The molecule has 1 heterocycles. The number of benzene rings is 1. The lowest BCUT2D eigenvalue weighted by atomic mass is 10.1. The first-order valence-electron chi connectivity index (χ1n) is 4.75. The van der Waals surface area contributed by atoms with Gasteiger partial charge in [-0.2, -0.15) is 0 Å². The van der Waals surface area contributed by atoms with E-state index < -0.39 is 6.10 Å². The van der Waals surface area contributed by atoms with Gasteiger partial charge in [0.15, 0.2) is 0 Å². The summed E-state index contributed by atoms with van der Waals surface area (Å²) >= 11 is 7.30. The lowest BCUT2D eigenvalue weighted by Gasteiger charge is -2.10. The van der Waals surface area contributed by atoms with Gasteiger partial charge in [0.25, 0.3) is 0 Å². The van der Waals surface area contributed by atoms with Crippen LogP contribution in [0.4, 0.5) is 0 Å². The number of fused-ring (bicyclic) bond motifs is 1. The Kier molecular flexibility index (Phi) is 3.26. The summed E-state index contributed by atoms with van der Waals surface area (Å²) in [7, 11) is 0. The molecular weight excluding hydrogens is 248 g/mol. The highest BCUT2D eigenvalue weighted by atomic mass is 35.5. The van der Waals surface area contributed by atoms with Gasteiger partial charge in [-0.1, -0.05) is 23.4 Å². The van der Waals surface area contributed by atoms with Crippen molar-refractivity contribution in [3.8, 4) is 5.75 Å². The second-order valence-corrected chi connectivity index (χ2v) is 4.66. The van der Waals surface area contributed by atoms with Crippen LogP contribution >= 0.6 is 23.4 Å². The predicted molar refractivity (Wildman–Crippen MR) is 62.6 cm³/mol. The van der Waals surface area contributed by atoms with Crippen LogP contribution in [0, 0.1) is 0 Å². The Morgan fingerprint density at radius 2 is 2.38 bits per heavy atom. The highest BCUT2D eigenvalue weighted by Crippen LogP contribution is 2.50. The van der Waals surface area contributed by atoms with Crippen LogP contribution < -0.4 is 4.74 Å². The Bertz CT molecular complexity index is 480. The summed E-state index contributed by atoms with van der Waals surface area (Å²) in [6.07, 6.45) is -0.981. The fraction of sp³-hybridized carbons (Fsp3) is 0.273. The van der Waals surface area contributed by atoms with E-state index in [4.69, 9.17) is 16.3 Å². The number of hydrogen-bond acceptors (Lipinski definition) is 4. The van der Waals surface area contributed by atoms with Crippen molar-refractivity contribution >= 4 is 29.3 Å². The maximum atomic E-state index is 10.6. The van der Waals surface area contributed by atoms with Gasteiger partial charge < -0.3 is 9.84 Å². The lowest BCUT2D eigenvalue weighted by Crippen LogP contribution is -1.98. The molecule has 0 saturated heterocycles. The summed E-state index contributed by atoms with van der Waals surface area (Å²) < 4.78 is 5.32. The molecule has 3 nitrogen and oxygen atoms in total. The first-order chi connectivity index (χ1) is 7.69. The molecule has 2 rings (SSSR count). The summed E-state index contributed by atoms with van der Waals surface area (Å²) in [6, 6.07) is 3.52. The van der Waals surface area contributed by atoms with Crippen molar-refractivity contribution < 1.29 is 14.6 Å². The third-order valence-corrected chi connectivity index (χ3v) is 3.74. The molecule has 1 aliphatic heterocycles. The van der Waals surface area contributed by atoms with E-state index in [0.29, 0.717) is 22.9 Å². The van der Waals surface area contributed by atoms with Crippen LogP contribution in [0.3, 0.4) is 0 Å². The van der Waals surface area contributed by atoms with E-state index in [1.54, 1.807) is 18.1 Å². The van der Waals surface area contributed by atoms with Gasteiger partial charge >= 0.3 is 0 Å². The number of ether oxygens (including phenoxy) is 1. The van der Waals surface area contributed by atoms with Crippen LogP contribution in [0.2, 0.25) is 5.02 Å². The number of thioether (sulfide) groups is 1. The zero-order chi connectivity index (χ0) is 11.7. The van der Waals surface area contributed by atoms with Crippen LogP contribution in [0.5, 0.6) is 5.75 Å². The SMILES string of the molecule is CCOc1ccc2c(c1Cl)C(O)C(=C=O)S2. The zero-order valence-corrected chi connectivity index (χ0v) is 10.1. The van der Waals surface area contributed by atoms with E-state index in [1.165, 1.54) is 11.8 Å². The summed E-state index contributed by atoms with van der Waals surface area (Å²) in [5.74, 6) is 2.24. The molecule has 0 spiro atoms. The standard InChI is InChI=1S/C11H9ClO3S/c1-2-15-6-3-4-7-9(10(6)12)11(14)8(5-13)16-7/h3-4,11,14H,2H2,1H3. The van der Waals surface area contributed by atoms with Crippen molar-refractivity contribution in [1.82, 2.24) is 0 Å². The van der Waals surface area contributed by atoms with Crippen molar-refractivity contribution in [3.05, 3.63) is 27.6 Å². The molecule has 0 bridgehead atoms. The monoisotopic (exact) mass is 256 g/mol. The van der Waals surface area contributed by atoms with Crippen molar-refractivity contribution in [1.29, 1.82) is 0 Å². The third kappa shape index (κ3) is 1.74. The minimum Gasteiger partial charge on any atom is -0.492 e. The van der Waals surface area contributed by atoms with Gasteiger partial charge in [0.05, 0.1) is 11.6 Å². The molecule has 1 aliphatic rings. The number of aliphatic hydroxyl groups is 1. The highest BCUT2D eigenvalue weighted by molar-refractivity contribution is 8.03. The molecule has 0 fully saturated rings. The highest BCUT2D eigenvalue weighted by Gasteiger charge is 2.31. The van der Waals surface area contributed by atoms with E-state index in [9.17, 15) is 9.90 Å². The predicted octanol–water partition coefficient (Wildman–Crippen LogP) is 2.59. The van der Waals surface area contributed by atoms with Gasteiger partial charge in [-0.3, -0.25) is 0 Å². The molecule has 0 saturated carbocycles. The molecule has 84 valence electrons. The second-order valence-electron chi connectivity index (χ2n) is 3.19. The number of halogens is 1. The Morgan fingerprint density at radius 3 is 3.00 bits per heavy atom. The average Bonchev–Trinajstić information content (AvgIpc) is 2.60. The number of aliphatic hydroxyl groups excluding tert-OH is 1. The van der Waals surface area contributed by atoms with E-state index in [-0.39, 0.29) is 4.91 Å². The van der Waals surface area contributed by atoms with Crippen LogP contribution in [-0.2, 0) is 4.79 Å². The summed E-state index contributed by atoms with van der Waals surface area (Å²) in [4.78, 5) is 11.6. The maximum Gasteiger partial charge on any atom is 0.138 e. The van der Waals surface area contributed by atoms with Gasteiger partial charge in [0.1, 0.15) is 22.7 Å². The molecule has 1 N–H and O–H groups in total. The van der Waals surface area contributed by atoms with Gasteiger partial charge in [-0.05, 0) is 19.1 Å². The molecule has 0 amide bonds. The Balaban J connectivity index is 2.52. The Hall–Kier alpha value is -0.930. The van der Waals surface area contributed by atoms with E-state index in [0.717, 1.165) is 4.90 Å². The average molecular weight is 257 g/mol. The maximum absolute atomic E-state index is 10.6. The van der Waals surface area contributed by atoms with Gasteiger partial charge in [-0.25, -0.2) is 4.79 Å². The molecule has 16 heavy (non-hydrogen) atoms. The molecule has 0 radical (unpaired) electrons. The Labute approximate surface area is 102 Å². The van der Waals surface area contributed by atoms with E-state index in [2.05, 4.69) is 0 Å². The van der Waals surface area contributed by atoms with Crippen molar-refractivity contribution in [3.63, 3.8) is 0 Å². The lowest BCUT2D eigenvalue weighted by molar-refractivity contribution is 0.225. The van der Waals surface area contributed by atoms with Crippen LogP contribution in [0.15, 0.2) is 21.9 Å². The molecule has 0 aromatic heterocycles. The van der Waals surface area contributed by atoms with Crippen molar-refractivity contribution in [2.24, 2.45) is 0 Å². The molecule has 5 heteroatoms. The summed E-state index contributed by atoms with van der Waals surface area (Å²) in [6.45, 7) is 2.35. The van der Waals surface area contributed by atoms with Gasteiger partial charge in [0.2, 0.25) is 0 Å². The first kappa shape index (κ1) is 11.6. The number of carbonyl (C=O) groups excluding carboxylic acids is 1. The fourth-order valence-corrected chi connectivity index (χ4v) is 2.89. The van der Waals surface area contributed by atoms with Gasteiger partial charge in [0, 0.05) is 10.5 Å². The van der Waals surface area contributed by atoms with Gasteiger partial charge in [-0.15, -0.1) is 0 Å². The Morgan fingerprint density at radius 1 is 1.62 bits per heavy atom. The summed E-state index contributed by atoms with van der Waals surface area (Å²) in [5.41, 5.74) is 0.538. The van der Waals surface area contributed by atoms with Crippen LogP contribution in [0.1, 0.15) is 18.6 Å². The minimum absolute atomic E-state index is 0.241.